The van der Waals surface area contributed by atoms with E-state index in [0.29, 0.717) is 5.25 Å². The molecule has 1 rings (SSSR count). The minimum atomic E-state index is -0.148. The summed E-state index contributed by atoms with van der Waals surface area (Å²) < 4.78 is 0. The Labute approximate surface area is 76.5 Å². The van der Waals surface area contributed by atoms with Crippen molar-refractivity contribution >= 4 is 17.7 Å². The van der Waals surface area contributed by atoms with Crippen molar-refractivity contribution in [2.24, 2.45) is 0 Å². The van der Waals surface area contributed by atoms with Crippen molar-refractivity contribution in [3.63, 3.8) is 0 Å². The predicted octanol–water partition coefficient (Wildman–Crippen LogP) is 0.912. The lowest BCUT2D eigenvalue weighted by Gasteiger charge is -2.07. The largest absolute Gasteiger partial charge is 0.354 e. The first kappa shape index (κ1) is 9.40. The molecule has 1 atom stereocenters. The van der Waals surface area contributed by atoms with Crippen LogP contribution >= 0.6 is 11.8 Å². The second-order valence-electron chi connectivity index (χ2n) is 2.77. The lowest BCUT2D eigenvalue weighted by molar-refractivity contribution is -0.120. The van der Waals surface area contributed by atoms with Crippen molar-refractivity contribution in [1.29, 1.82) is 5.26 Å². The maximum absolute atomic E-state index is 10.9. The first-order valence-electron chi connectivity index (χ1n) is 4.08. The molecule has 0 aromatic heterocycles. The van der Waals surface area contributed by atoms with Gasteiger partial charge in [-0.25, -0.2) is 0 Å². The van der Waals surface area contributed by atoms with E-state index in [2.05, 4.69) is 5.32 Å². The van der Waals surface area contributed by atoms with Crippen LogP contribution in [0, 0.1) is 11.3 Å². The fraction of sp³-hybridized carbons (Fsp3) is 0.750. The van der Waals surface area contributed by atoms with Crippen LogP contribution < -0.4 is 5.32 Å². The number of thioether (sulfide) groups is 1. The molecule has 1 saturated heterocycles. The summed E-state index contributed by atoms with van der Waals surface area (Å²) in [5.74, 6) is 1.06. The third-order valence-electron chi connectivity index (χ3n) is 1.79. The smallest absolute Gasteiger partial charge is 0.234 e. The molecule has 1 aliphatic heterocycles. The van der Waals surface area contributed by atoms with Gasteiger partial charge in [0.2, 0.25) is 5.91 Å². The summed E-state index contributed by atoms with van der Waals surface area (Å²) in [6, 6.07) is 1.82. The van der Waals surface area contributed by atoms with E-state index in [1.165, 1.54) is 18.6 Å². The van der Waals surface area contributed by atoms with Crippen molar-refractivity contribution in [2.45, 2.75) is 24.5 Å². The summed E-state index contributed by atoms with van der Waals surface area (Å²) in [5.41, 5.74) is 0. The Balaban J connectivity index is 2.08. The number of amides is 1. The third-order valence-corrected chi connectivity index (χ3v) is 3.19. The molecule has 1 N–H and O–H groups in total. The zero-order valence-electron chi connectivity index (χ0n) is 6.88. The fourth-order valence-corrected chi connectivity index (χ4v) is 2.37. The van der Waals surface area contributed by atoms with E-state index >= 15 is 0 Å². The van der Waals surface area contributed by atoms with Crippen molar-refractivity contribution in [1.82, 2.24) is 5.32 Å². The van der Waals surface area contributed by atoms with E-state index in [-0.39, 0.29) is 12.3 Å². The molecule has 12 heavy (non-hydrogen) atoms. The Hall–Kier alpha value is -0.690. The van der Waals surface area contributed by atoms with E-state index in [1.54, 1.807) is 0 Å². The summed E-state index contributed by atoms with van der Waals surface area (Å²) in [6.07, 6.45) is 2.43. The topological polar surface area (TPSA) is 52.9 Å². The number of hydrogen-bond acceptors (Lipinski definition) is 3. The SMILES string of the molecule is N#CCC(=O)NCC1CCCS1. The van der Waals surface area contributed by atoms with Crippen LogP contribution in [0.3, 0.4) is 0 Å². The zero-order valence-corrected chi connectivity index (χ0v) is 7.69. The number of nitriles is 1. The first-order chi connectivity index (χ1) is 5.83. The molecule has 0 bridgehead atoms. The van der Waals surface area contributed by atoms with Crippen molar-refractivity contribution in [3.05, 3.63) is 0 Å². The molecule has 1 unspecified atom stereocenters. The molecule has 1 fully saturated rings. The molecule has 1 heterocycles. The minimum absolute atomic E-state index is 0.0165. The second kappa shape index (κ2) is 5.04. The maximum Gasteiger partial charge on any atom is 0.234 e. The van der Waals surface area contributed by atoms with Gasteiger partial charge < -0.3 is 5.32 Å². The number of nitrogens with one attached hydrogen (secondary N) is 1. The lowest BCUT2D eigenvalue weighted by atomic mass is 10.2. The summed E-state index contributed by atoms with van der Waals surface area (Å²) in [7, 11) is 0. The summed E-state index contributed by atoms with van der Waals surface area (Å²) in [6.45, 7) is 0.727. The van der Waals surface area contributed by atoms with Gasteiger partial charge >= 0.3 is 0 Å². The van der Waals surface area contributed by atoms with Gasteiger partial charge in [-0.05, 0) is 18.6 Å². The molecule has 4 heteroatoms. The molecule has 0 aliphatic carbocycles. The number of carbonyl (C=O) groups excluding carboxylic acids is 1. The highest BCUT2D eigenvalue weighted by atomic mass is 32.2. The van der Waals surface area contributed by atoms with E-state index < -0.39 is 0 Å². The fourth-order valence-electron chi connectivity index (χ4n) is 1.17. The lowest BCUT2D eigenvalue weighted by Crippen LogP contribution is -2.29. The van der Waals surface area contributed by atoms with Crippen molar-refractivity contribution in [3.8, 4) is 6.07 Å². The zero-order chi connectivity index (χ0) is 8.81. The molecule has 0 aromatic rings. The van der Waals surface area contributed by atoms with Gasteiger partial charge in [-0.2, -0.15) is 17.0 Å². The molecule has 0 saturated carbocycles. The van der Waals surface area contributed by atoms with Gasteiger partial charge in [-0.3, -0.25) is 4.79 Å². The normalized spacial score (nSPS) is 21.8. The van der Waals surface area contributed by atoms with Crippen LogP contribution in [0.2, 0.25) is 0 Å². The van der Waals surface area contributed by atoms with Crippen LogP contribution in [0.1, 0.15) is 19.3 Å². The molecular weight excluding hydrogens is 172 g/mol. The number of carbonyl (C=O) groups is 1. The van der Waals surface area contributed by atoms with Gasteiger partial charge in [-0.1, -0.05) is 0 Å². The standard InChI is InChI=1S/C8H12N2OS/c9-4-3-8(11)10-6-7-2-1-5-12-7/h7H,1-3,5-6H2,(H,10,11). The average molecular weight is 184 g/mol. The number of nitrogens with zero attached hydrogens (tertiary/aromatic N) is 1. The predicted molar refractivity (Wildman–Crippen MR) is 48.7 cm³/mol. The summed E-state index contributed by atoms with van der Waals surface area (Å²) in [4.78, 5) is 10.9. The minimum Gasteiger partial charge on any atom is -0.354 e. The van der Waals surface area contributed by atoms with Crippen molar-refractivity contribution < 1.29 is 4.79 Å². The van der Waals surface area contributed by atoms with E-state index in [0.717, 1.165) is 6.54 Å². The van der Waals surface area contributed by atoms with Gasteiger partial charge in [0.25, 0.3) is 0 Å². The number of hydrogen-bond donors (Lipinski definition) is 1. The van der Waals surface area contributed by atoms with Gasteiger partial charge in [0, 0.05) is 11.8 Å². The molecular formula is C8H12N2OS. The van der Waals surface area contributed by atoms with Crippen LogP contribution in [0.4, 0.5) is 0 Å². The Bertz CT molecular complexity index is 194. The monoisotopic (exact) mass is 184 g/mol. The molecule has 1 amide bonds. The highest BCUT2D eigenvalue weighted by Gasteiger charge is 2.15. The van der Waals surface area contributed by atoms with Crippen LogP contribution in [-0.2, 0) is 4.79 Å². The van der Waals surface area contributed by atoms with Gasteiger partial charge in [0.1, 0.15) is 6.42 Å². The third kappa shape index (κ3) is 3.14. The Morgan fingerprint density at radius 2 is 2.58 bits per heavy atom. The highest BCUT2D eigenvalue weighted by molar-refractivity contribution is 8.00. The van der Waals surface area contributed by atoms with Gasteiger partial charge in [0.05, 0.1) is 6.07 Å². The summed E-state index contributed by atoms with van der Waals surface area (Å²) in [5, 5.41) is 11.5. The molecule has 1 aliphatic rings. The Morgan fingerprint density at radius 1 is 1.75 bits per heavy atom. The maximum atomic E-state index is 10.9. The van der Waals surface area contributed by atoms with Gasteiger partial charge in [-0.15, -0.1) is 0 Å². The van der Waals surface area contributed by atoms with Crippen LogP contribution in [-0.4, -0.2) is 23.5 Å². The van der Waals surface area contributed by atoms with E-state index in [4.69, 9.17) is 5.26 Å². The quantitative estimate of drug-likeness (QED) is 0.709. The molecule has 0 aromatic carbocycles. The Morgan fingerprint density at radius 3 is 3.17 bits per heavy atom. The Kier molecular flexibility index (Phi) is 3.95. The van der Waals surface area contributed by atoms with Crippen LogP contribution in [0.25, 0.3) is 0 Å². The molecule has 66 valence electrons. The molecule has 0 radical (unpaired) electrons. The van der Waals surface area contributed by atoms with Crippen LogP contribution in [0.5, 0.6) is 0 Å². The van der Waals surface area contributed by atoms with E-state index in [1.807, 2.05) is 17.8 Å². The summed E-state index contributed by atoms with van der Waals surface area (Å²) >= 11 is 1.90. The number of rotatable bonds is 3. The highest BCUT2D eigenvalue weighted by Crippen LogP contribution is 2.25. The van der Waals surface area contributed by atoms with Crippen LogP contribution in [0.15, 0.2) is 0 Å². The molecule has 0 spiro atoms. The van der Waals surface area contributed by atoms with Gasteiger partial charge in [0.15, 0.2) is 0 Å². The first-order valence-corrected chi connectivity index (χ1v) is 5.13. The second-order valence-corrected chi connectivity index (χ2v) is 4.18. The van der Waals surface area contributed by atoms with E-state index in [9.17, 15) is 4.79 Å². The average Bonchev–Trinajstić information content (AvgIpc) is 2.53. The molecule has 3 nitrogen and oxygen atoms in total. The van der Waals surface area contributed by atoms with Crippen molar-refractivity contribution in [2.75, 3.05) is 12.3 Å².